The Morgan fingerprint density at radius 2 is 1.96 bits per heavy atom. The second kappa shape index (κ2) is 7.63. The number of hydrogen-bond donors (Lipinski definition) is 2. The van der Waals surface area contributed by atoms with Gasteiger partial charge in [0.1, 0.15) is 5.69 Å². The first-order valence-corrected chi connectivity index (χ1v) is 7.57. The summed E-state index contributed by atoms with van der Waals surface area (Å²) in [6, 6.07) is 8.40. The fourth-order valence-corrected chi connectivity index (χ4v) is 2.45. The molecule has 0 bridgehead atoms. The number of aryl methyl sites for hydroxylation is 2. The van der Waals surface area contributed by atoms with Crippen molar-refractivity contribution >= 4 is 11.9 Å². The first-order valence-electron chi connectivity index (χ1n) is 7.57. The summed E-state index contributed by atoms with van der Waals surface area (Å²) < 4.78 is 7.23. The van der Waals surface area contributed by atoms with Crippen LogP contribution in [0.15, 0.2) is 30.3 Å². The van der Waals surface area contributed by atoms with Crippen molar-refractivity contribution in [2.24, 2.45) is 7.05 Å². The fourth-order valence-electron chi connectivity index (χ4n) is 2.45. The van der Waals surface area contributed by atoms with Crippen LogP contribution < -0.4 is 10.1 Å². The van der Waals surface area contributed by atoms with Gasteiger partial charge in [-0.1, -0.05) is 30.3 Å². The largest absolute Gasteiger partial charge is 0.481 e. The van der Waals surface area contributed by atoms with Gasteiger partial charge in [-0.15, -0.1) is 0 Å². The molecule has 128 valence electrons. The third kappa shape index (κ3) is 4.34. The molecule has 0 radical (unpaired) electrons. The molecule has 1 aromatic carbocycles. The van der Waals surface area contributed by atoms with Crippen LogP contribution in [0.5, 0.6) is 5.75 Å². The van der Waals surface area contributed by atoms with E-state index in [1.807, 2.05) is 13.0 Å². The van der Waals surface area contributed by atoms with Gasteiger partial charge in [-0.3, -0.25) is 14.3 Å². The van der Waals surface area contributed by atoms with E-state index in [0.717, 1.165) is 11.3 Å². The number of carbonyl (C=O) groups is 2. The number of nitrogens with zero attached hydrogens (tertiary/aromatic N) is 2. The number of amides is 1. The van der Waals surface area contributed by atoms with Crippen molar-refractivity contribution in [1.82, 2.24) is 15.1 Å². The number of carbonyl (C=O) groups excluding carboxylic acids is 1. The van der Waals surface area contributed by atoms with Crippen molar-refractivity contribution in [3.05, 3.63) is 47.3 Å². The van der Waals surface area contributed by atoms with Crippen molar-refractivity contribution in [2.75, 3.05) is 6.61 Å². The van der Waals surface area contributed by atoms with E-state index < -0.39 is 12.0 Å². The average molecular weight is 331 g/mol. The lowest BCUT2D eigenvalue weighted by Crippen LogP contribution is -2.34. The number of carboxylic acid groups (broad SMARTS) is 1. The highest BCUT2D eigenvalue weighted by atomic mass is 16.5. The van der Waals surface area contributed by atoms with E-state index in [-0.39, 0.29) is 18.9 Å². The predicted octanol–water partition coefficient (Wildman–Crippen LogP) is 1.75. The summed E-state index contributed by atoms with van der Waals surface area (Å²) in [5.41, 5.74) is 2.26. The minimum absolute atomic E-state index is 0.194. The zero-order valence-electron chi connectivity index (χ0n) is 13.9. The Hall–Kier alpha value is -2.83. The van der Waals surface area contributed by atoms with Crippen LogP contribution in [-0.2, 0) is 16.6 Å². The number of carboxylic acids is 1. The SMILES string of the molecule is Cc1nn(C)c(C)c1OCC(=O)NC(CC(=O)O)c1ccccc1. The maximum Gasteiger partial charge on any atom is 0.305 e. The fraction of sp³-hybridized carbons (Fsp3) is 0.353. The van der Waals surface area contributed by atoms with Gasteiger partial charge in [-0.2, -0.15) is 5.10 Å². The third-order valence-corrected chi connectivity index (χ3v) is 3.71. The highest BCUT2D eigenvalue weighted by Gasteiger charge is 2.19. The van der Waals surface area contributed by atoms with Crippen molar-refractivity contribution < 1.29 is 19.4 Å². The van der Waals surface area contributed by atoms with Crippen LogP contribution in [0.4, 0.5) is 0 Å². The number of benzene rings is 1. The second-order valence-corrected chi connectivity index (χ2v) is 5.54. The van der Waals surface area contributed by atoms with Crippen LogP contribution in [0.1, 0.15) is 29.4 Å². The second-order valence-electron chi connectivity index (χ2n) is 5.54. The van der Waals surface area contributed by atoms with E-state index in [1.54, 1.807) is 42.9 Å². The van der Waals surface area contributed by atoms with Gasteiger partial charge >= 0.3 is 5.97 Å². The Morgan fingerprint density at radius 3 is 2.50 bits per heavy atom. The molecule has 1 unspecified atom stereocenters. The molecule has 1 aromatic heterocycles. The Balaban J connectivity index is 2.01. The molecule has 2 N–H and O–H groups in total. The molecule has 0 saturated heterocycles. The molecule has 0 aliphatic heterocycles. The molecule has 0 fully saturated rings. The minimum Gasteiger partial charge on any atom is -0.481 e. The van der Waals surface area contributed by atoms with Gasteiger partial charge in [0.25, 0.3) is 5.91 Å². The molecule has 7 heteroatoms. The Morgan fingerprint density at radius 1 is 1.29 bits per heavy atom. The number of aromatic nitrogens is 2. The Bertz CT molecular complexity index is 725. The van der Waals surface area contributed by atoms with Gasteiger partial charge in [0.15, 0.2) is 12.4 Å². The van der Waals surface area contributed by atoms with Crippen molar-refractivity contribution in [2.45, 2.75) is 26.3 Å². The molecule has 2 aromatic rings. The van der Waals surface area contributed by atoms with E-state index in [0.29, 0.717) is 11.4 Å². The average Bonchev–Trinajstić information content (AvgIpc) is 2.78. The van der Waals surface area contributed by atoms with Gasteiger partial charge in [0, 0.05) is 7.05 Å². The van der Waals surface area contributed by atoms with Crippen LogP contribution in [-0.4, -0.2) is 33.4 Å². The van der Waals surface area contributed by atoms with Gasteiger partial charge < -0.3 is 15.2 Å². The normalized spacial score (nSPS) is 11.8. The highest BCUT2D eigenvalue weighted by molar-refractivity contribution is 5.79. The van der Waals surface area contributed by atoms with Gasteiger partial charge in [0.05, 0.1) is 18.2 Å². The molecule has 24 heavy (non-hydrogen) atoms. The standard InChI is InChI=1S/C17H21N3O4/c1-11-17(12(2)20(3)19-11)24-10-15(21)18-14(9-16(22)23)13-7-5-4-6-8-13/h4-8,14H,9-10H2,1-3H3,(H,18,21)(H,22,23). The Kier molecular flexibility index (Phi) is 5.57. The molecular formula is C17H21N3O4. The molecule has 1 atom stereocenters. The molecule has 0 spiro atoms. The van der Waals surface area contributed by atoms with E-state index in [1.165, 1.54) is 0 Å². The molecule has 0 aliphatic carbocycles. The lowest BCUT2D eigenvalue weighted by molar-refractivity contribution is -0.137. The van der Waals surface area contributed by atoms with E-state index >= 15 is 0 Å². The predicted molar refractivity (Wildman–Crippen MR) is 87.8 cm³/mol. The topological polar surface area (TPSA) is 93.5 Å². The van der Waals surface area contributed by atoms with Crippen LogP contribution in [0.2, 0.25) is 0 Å². The monoisotopic (exact) mass is 331 g/mol. The third-order valence-electron chi connectivity index (χ3n) is 3.71. The molecule has 0 saturated carbocycles. The summed E-state index contributed by atoms with van der Waals surface area (Å²) in [6.07, 6.45) is -0.194. The van der Waals surface area contributed by atoms with Crippen molar-refractivity contribution in [3.8, 4) is 5.75 Å². The first kappa shape index (κ1) is 17.5. The summed E-state index contributed by atoms with van der Waals surface area (Å²) in [5.74, 6) is -0.793. The summed E-state index contributed by atoms with van der Waals surface area (Å²) >= 11 is 0. The molecule has 7 nitrogen and oxygen atoms in total. The van der Waals surface area contributed by atoms with E-state index in [2.05, 4.69) is 10.4 Å². The van der Waals surface area contributed by atoms with E-state index in [9.17, 15) is 9.59 Å². The van der Waals surface area contributed by atoms with Gasteiger partial charge in [0.2, 0.25) is 0 Å². The van der Waals surface area contributed by atoms with Crippen LogP contribution in [0.3, 0.4) is 0 Å². The first-order chi connectivity index (χ1) is 11.4. The van der Waals surface area contributed by atoms with Gasteiger partial charge in [-0.25, -0.2) is 0 Å². The number of aliphatic carboxylic acids is 1. The van der Waals surface area contributed by atoms with Crippen molar-refractivity contribution in [3.63, 3.8) is 0 Å². The van der Waals surface area contributed by atoms with Crippen LogP contribution >= 0.6 is 0 Å². The smallest absolute Gasteiger partial charge is 0.305 e. The maximum absolute atomic E-state index is 12.2. The number of ether oxygens (including phenoxy) is 1. The van der Waals surface area contributed by atoms with Gasteiger partial charge in [-0.05, 0) is 19.4 Å². The highest BCUT2D eigenvalue weighted by Crippen LogP contribution is 2.21. The lowest BCUT2D eigenvalue weighted by Gasteiger charge is -2.17. The van der Waals surface area contributed by atoms with Crippen molar-refractivity contribution in [1.29, 1.82) is 0 Å². The number of hydrogen-bond acceptors (Lipinski definition) is 4. The van der Waals surface area contributed by atoms with Crippen LogP contribution in [0, 0.1) is 13.8 Å². The maximum atomic E-state index is 12.2. The Labute approximate surface area is 140 Å². The molecule has 1 amide bonds. The molecule has 0 aliphatic rings. The van der Waals surface area contributed by atoms with E-state index in [4.69, 9.17) is 9.84 Å². The minimum atomic E-state index is -0.982. The summed E-state index contributed by atoms with van der Waals surface area (Å²) in [4.78, 5) is 23.2. The number of rotatable bonds is 7. The molecule has 2 rings (SSSR count). The quantitative estimate of drug-likeness (QED) is 0.806. The summed E-state index contributed by atoms with van der Waals surface area (Å²) in [5, 5.41) is 16.0. The number of nitrogens with one attached hydrogen (secondary N) is 1. The summed E-state index contributed by atoms with van der Waals surface area (Å²) in [7, 11) is 1.80. The zero-order chi connectivity index (χ0) is 17.7. The van der Waals surface area contributed by atoms with Crippen LogP contribution in [0.25, 0.3) is 0 Å². The summed E-state index contributed by atoms with van der Waals surface area (Å²) in [6.45, 7) is 3.46. The molecular weight excluding hydrogens is 310 g/mol. The zero-order valence-corrected chi connectivity index (χ0v) is 13.9. The molecule has 1 heterocycles. The lowest BCUT2D eigenvalue weighted by atomic mass is 10.0.